The number of nitrogens with one attached hydrogen (secondary N) is 1. The zero-order valence-electron chi connectivity index (χ0n) is 31.4. The number of methoxy groups -OCH3 is 1. The number of hydrogen-bond acceptors (Lipinski definition) is 8. The van der Waals surface area contributed by atoms with Gasteiger partial charge in [-0.3, -0.25) is 9.59 Å². The van der Waals surface area contributed by atoms with Crippen LogP contribution in [0.1, 0.15) is 95.0 Å². The first-order chi connectivity index (χ1) is 26.0. The molecule has 0 spiro atoms. The molecule has 5 fully saturated rings. The molecule has 11 nitrogen and oxygen atoms in total. The molecule has 1 aliphatic heterocycles. The van der Waals surface area contributed by atoms with Gasteiger partial charge in [-0.1, -0.05) is 42.8 Å². The van der Waals surface area contributed by atoms with Gasteiger partial charge in [0, 0.05) is 17.1 Å². The number of nitrogens with zero attached hydrogens (tertiary/aromatic N) is 4. The number of fused-ring (bicyclic) bond motifs is 5. The van der Waals surface area contributed by atoms with Crippen LogP contribution >= 0.6 is 11.6 Å². The summed E-state index contributed by atoms with van der Waals surface area (Å²) in [6.45, 7) is 4.77. The topological polar surface area (TPSA) is 150 Å². The van der Waals surface area contributed by atoms with Crippen molar-refractivity contribution in [3.8, 4) is 5.75 Å². The third kappa shape index (κ3) is 6.62. The number of anilines is 1. The molecule has 13 atom stereocenters. The molecule has 1 aromatic heterocycles. The molecule has 2 aromatic carbocycles. The van der Waals surface area contributed by atoms with Crippen LogP contribution in [0.25, 0.3) is 0 Å². The molecule has 0 bridgehead atoms. The Bertz CT molecular complexity index is 1820. The lowest BCUT2D eigenvalue weighted by atomic mass is 9.45. The van der Waals surface area contributed by atoms with Gasteiger partial charge in [-0.15, -0.1) is 5.10 Å². The summed E-state index contributed by atoms with van der Waals surface area (Å²) >= 11 is 6.19. The molecule has 12 heteroatoms. The van der Waals surface area contributed by atoms with E-state index in [4.69, 9.17) is 16.3 Å². The maximum absolute atomic E-state index is 13.6. The number of aliphatic hydroxyl groups excluding tert-OH is 3. The number of amides is 2. The van der Waals surface area contributed by atoms with E-state index in [1.165, 1.54) is 0 Å². The van der Waals surface area contributed by atoms with Crippen molar-refractivity contribution >= 4 is 29.1 Å². The first-order valence-electron chi connectivity index (χ1n) is 19.9. The van der Waals surface area contributed by atoms with Crippen LogP contribution < -0.4 is 15.0 Å². The molecular formula is C42H54ClN5O6. The van der Waals surface area contributed by atoms with Gasteiger partial charge in [-0.25, -0.2) is 4.68 Å². The van der Waals surface area contributed by atoms with E-state index in [-0.39, 0.29) is 65.7 Å². The third-order valence-corrected chi connectivity index (χ3v) is 14.8. The van der Waals surface area contributed by atoms with E-state index in [1.54, 1.807) is 22.9 Å². The molecule has 5 aliphatic rings. The number of halogens is 1. The van der Waals surface area contributed by atoms with Crippen LogP contribution in [-0.2, 0) is 16.1 Å². The van der Waals surface area contributed by atoms with Crippen molar-refractivity contribution in [2.45, 2.75) is 109 Å². The zero-order valence-corrected chi connectivity index (χ0v) is 32.2. The summed E-state index contributed by atoms with van der Waals surface area (Å²) in [5.41, 5.74) is 2.28. The number of hydrogen-bond donors (Lipinski definition) is 4. The van der Waals surface area contributed by atoms with Crippen LogP contribution in [-0.4, -0.2) is 67.5 Å². The first kappa shape index (κ1) is 37.4. The second kappa shape index (κ2) is 14.9. The third-order valence-electron chi connectivity index (χ3n) is 14.5. The van der Waals surface area contributed by atoms with E-state index in [0.29, 0.717) is 47.1 Å². The smallest absolute Gasteiger partial charge is 0.255 e. The molecular weight excluding hydrogens is 706 g/mol. The lowest BCUT2D eigenvalue weighted by Gasteiger charge is -2.61. The number of carbonyl (C=O) groups is 2. The fraction of sp³-hybridized carbons (Fsp3) is 0.619. The van der Waals surface area contributed by atoms with Crippen molar-refractivity contribution in [1.29, 1.82) is 0 Å². The average molecular weight is 760 g/mol. The Morgan fingerprint density at radius 3 is 2.48 bits per heavy atom. The molecule has 0 radical (unpaired) electrons. The van der Waals surface area contributed by atoms with E-state index in [9.17, 15) is 24.9 Å². The quantitative estimate of drug-likeness (QED) is 0.188. The minimum atomic E-state index is -0.610. The second-order valence-corrected chi connectivity index (χ2v) is 17.7. The standard InChI is InChI=1S/C42H54ClN5O6/c1-23(31-13-14-32-37(31)35(51)20-33-38(32)34(50)19-25-18-29(49)16-17-42(25,33)2)4-15-36(52)44-21-27-22-47(46-45-27)40-39(24-5-7-26(43)8-6-24)48(41(40)53)28-9-11-30(54-3)12-10-28/h5-12,22-23,25,29,31-35,37-40,49-51H,4,13-21H2,1-3H3,(H,44,52)/t23-,25+,29-,31-,32-,33+,34-,35+,37-,38+,39+,40-,42+/m1/s1. The zero-order chi connectivity index (χ0) is 37.9. The van der Waals surface area contributed by atoms with Crippen LogP contribution in [0.15, 0.2) is 54.7 Å². The van der Waals surface area contributed by atoms with Crippen molar-refractivity contribution in [3.05, 3.63) is 71.0 Å². The van der Waals surface area contributed by atoms with Gasteiger partial charge in [0.1, 0.15) is 11.4 Å². The van der Waals surface area contributed by atoms with Crippen molar-refractivity contribution < 1.29 is 29.6 Å². The number of β-lactam (4-membered cyclic amide) rings is 1. The summed E-state index contributed by atoms with van der Waals surface area (Å²) in [4.78, 5) is 28.5. The maximum atomic E-state index is 13.6. The van der Waals surface area contributed by atoms with Crippen molar-refractivity contribution in [1.82, 2.24) is 20.3 Å². The Kier molecular flexibility index (Phi) is 10.3. The number of aromatic nitrogens is 3. The lowest BCUT2D eigenvalue weighted by molar-refractivity contribution is -0.181. The van der Waals surface area contributed by atoms with E-state index in [2.05, 4.69) is 29.5 Å². The highest BCUT2D eigenvalue weighted by molar-refractivity contribution is 6.30. The number of rotatable bonds is 10. The van der Waals surface area contributed by atoms with Crippen LogP contribution in [0.2, 0.25) is 5.02 Å². The fourth-order valence-electron chi connectivity index (χ4n) is 11.7. The van der Waals surface area contributed by atoms with Gasteiger partial charge in [0.25, 0.3) is 5.91 Å². The minimum absolute atomic E-state index is 0.0612. The van der Waals surface area contributed by atoms with Crippen LogP contribution in [0.3, 0.4) is 0 Å². The van der Waals surface area contributed by atoms with Crippen LogP contribution in [0.5, 0.6) is 5.75 Å². The predicted molar refractivity (Wildman–Crippen MR) is 203 cm³/mol. The molecule has 4 aliphatic carbocycles. The number of carbonyl (C=O) groups excluding carboxylic acids is 2. The number of aliphatic hydroxyl groups is 3. The van der Waals surface area contributed by atoms with E-state index < -0.39 is 12.1 Å². The summed E-state index contributed by atoms with van der Waals surface area (Å²) < 4.78 is 6.89. The molecule has 2 heterocycles. The van der Waals surface area contributed by atoms with Crippen molar-refractivity contribution in [2.75, 3.05) is 12.0 Å². The van der Waals surface area contributed by atoms with Crippen molar-refractivity contribution in [3.63, 3.8) is 0 Å². The van der Waals surface area contributed by atoms with Gasteiger partial charge in [0.15, 0.2) is 6.04 Å². The van der Waals surface area contributed by atoms with E-state index >= 15 is 0 Å². The molecule has 3 aromatic rings. The lowest BCUT2D eigenvalue weighted by Crippen LogP contribution is -2.59. The molecule has 2 amide bonds. The van der Waals surface area contributed by atoms with Crippen LogP contribution in [0, 0.1) is 46.8 Å². The largest absolute Gasteiger partial charge is 0.497 e. The molecule has 1 saturated heterocycles. The summed E-state index contributed by atoms with van der Waals surface area (Å²) in [5, 5.41) is 45.8. The van der Waals surface area contributed by atoms with Gasteiger partial charge in [0.05, 0.1) is 44.2 Å². The summed E-state index contributed by atoms with van der Waals surface area (Å²) in [6.07, 6.45) is 7.80. The average Bonchev–Trinajstić information content (AvgIpc) is 3.82. The van der Waals surface area contributed by atoms with E-state index in [1.807, 2.05) is 48.5 Å². The van der Waals surface area contributed by atoms with Gasteiger partial charge >= 0.3 is 0 Å². The predicted octanol–water partition coefficient (Wildman–Crippen LogP) is 5.87. The monoisotopic (exact) mass is 759 g/mol. The van der Waals surface area contributed by atoms with Gasteiger partial charge < -0.3 is 30.3 Å². The van der Waals surface area contributed by atoms with Gasteiger partial charge in [0.2, 0.25) is 5.91 Å². The van der Waals surface area contributed by atoms with E-state index in [0.717, 1.165) is 56.2 Å². The molecule has 54 heavy (non-hydrogen) atoms. The second-order valence-electron chi connectivity index (χ2n) is 17.2. The summed E-state index contributed by atoms with van der Waals surface area (Å²) in [7, 11) is 1.60. The molecule has 290 valence electrons. The Balaban J connectivity index is 0.870. The Hall–Kier alpha value is -3.51. The summed E-state index contributed by atoms with van der Waals surface area (Å²) in [5.74, 6) is 2.33. The number of ether oxygens (including phenoxy) is 1. The molecule has 0 unspecified atom stereocenters. The highest BCUT2D eigenvalue weighted by Crippen LogP contribution is 2.64. The fourth-order valence-corrected chi connectivity index (χ4v) is 11.9. The molecule has 8 rings (SSSR count). The minimum Gasteiger partial charge on any atom is -0.497 e. The maximum Gasteiger partial charge on any atom is 0.255 e. The SMILES string of the molecule is COc1ccc(N2C(=O)[C@H](n3cc(CNC(=O)CC[C@@H](C)[C@H]4CC[C@@H]5[C@@H]4[C@@H](O)C[C@H]4[C@H]5[C@H](O)C[C@@H]5C[C@H](O)CC[C@@]54C)nn3)[C@@H]2c2ccc(Cl)cc2)cc1. The molecule has 4 N–H and O–H groups in total. The first-order valence-corrected chi connectivity index (χ1v) is 20.3. The Morgan fingerprint density at radius 1 is 1.00 bits per heavy atom. The Morgan fingerprint density at radius 2 is 1.74 bits per heavy atom. The highest BCUT2D eigenvalue weighted by Gasteiger charge is 2.61. The summed E-state index contributed by atoms with van der Waals surface area (Å²) in [6, 6.07) is 13.9. The highest BCUT2D eigenvalue weighted by atomic mass is 35.5. The van der Waals surface area contributed by atoms with Crippen LogP contribution in [0.4, 0.5) is 5.69 Å². The molecule has 4 saturated carbocycles. The van der Waals surface area contributed by atoms with Gasteiger partial charge in [-0.05, 0) is 140 Å². The number of benzene rings is 2. The Labute approximate surface area is 322 Å². The van der Waals surface area contributed by atoms with Gasteiger partial charge in [-0.2, -0.15) is 0 Å². The van der Waals surface area contributed by atoms with Crippen molar-refractivity contribution in [2.24, 2.45) is 46.8 Å². The normalized spacial score (nSPS) is 36.4.